The highest BCUT2D eigenvalue weighted by atomic mass is 19.4. The third-order valence-corrected chi connectivity index (χ3v) is 2.80. The molecule has 0 saturated heterocycles. The minimum Gasteiger partial charge on any atom is -0.387 e. The Morgan fingerprint density at radius 1 is 1.38 bits per heavy atom. The molecule has 21 heavy (non-hydrogen) atoms. The lowest BCUT2D eigenvalue weighted by atomic mass is 10.1. The average molecular weight is 299 g/mol. The van der Waals surface area contributed by atoms with E-state index in [9.17, 15) is 23.1 Å². The molecule has 2 rings (SSSR count). The number of carbonyl (C=O) groups is 1. The van der Waals surface area contributed by atoms with Crippen LogP contribution in [0.1, 0.15) is 27.7 Å². The third-order valence-electron chi connectivity index (χ3n) is 2.80. The second kappa shape index (κ2) is 5.96. The molecule has 1 unspecified atom stereocenters. The van der Waals surface area contributed by atoms with Crippen molar-refractivity contribution in [2.45, 2.75) is 12.3 Å². The van der Waals surface area contributed by atoms with E-state index in [-0.39, 0.29) is 17.8 Å². The molecule has 0 fully saturated rings. The van der Waals surface area contributed by atoms with Crippen LogP contribution in [-0.4, -0.2) is 27.8 Å². The van der Waals surface area contributed by atoms with E-state index in [0.29, 0.717) is 0 Å². The zero-order valence-corrected chi connectivity index (χ0v) is 10.7. The van der Waals surface area contributed by atoms with E-state index in [1.54, 1.807) is 0 Å². The quantitative estimate of drug-likeness (QED) is 0.807. The lowest BCUT2D eigenvalue weighted by molar-refractivity contribution is -0.137. The van der Waals surface area contributed by atoms with Crippen molar-refractivity contribution in [1.82, 2.24) is 15.5 Å². The Balaban J connectivity index is 2.00. The first-order valence-electron chi connectivity index (χ1n) is 6.00. The number of aliphatic hydroxyl groups excluding tert-OH is 1. The molecule has 0 saturated carbocycles. The Hall–Kier alpha value is -2.35. The van der Waals surface area contributed by atoms with Crippen LogP contribution >= 0.6 is 0 Å². The van der Waals surface area contributed by atoms with Gasteiger partial charge in [-0.2, -0.15) is 18.3 Å². The summed E-state index contributed by atoms with van der Waals surface area (Å²) in [6.45, 7) is -0.209. The van der Waals surface area contributed by atoms with Crippen LogP contribution in [0.4, 0.5) is 13.2 Å². The molecule has 1 amide bonds. The number of aromatic nitrogens is 2. The van der Waals surface area contributed by atoms with E-state index in [4.69, 9.17) is 0 Å². The first-order chi connectivity index (χ1) is 9.88. The van der Waals surface area contributed by atoms with Gasteiger partial charge in [0.15, 0.2) is 0 Å². The van der Waals surface area contributed by atoms with Gasteiger partial charge in [0.25, 0.3) is 5.91 Å². The summed E-state index contributed by atoms with van der Waals surface area (Å²) in [5.41, 5.74) is -0.570. The van der Waals surface area contributed by atoms with Gasteiger partial charge in [-0.15, -0.1) is 0 Å². The van der Waals surface area contributed by atoms with Crippen LogP contribution in [0.25, 0.3) is 0 Å². The van der Waals surface area contributed by atoms with Crippen LogP contribution in [-0.2, 0) is 6.18 Å². The van der Waals surface area contributed by atoms with Gasteiger partial charge in [0.1, 0.15) is 5.69 Å². The molecule has 112 valence electrons. The second-order valence-electron chi connectivity index (χ2n) is 4.32. The SMILES string of the molecule is O=C(NCC(O)c1cccc(C(F)(F)F)c1)c1ccn[nH]1. The van der Waals surface area contributed by atoms with Crippen LogP contribution < -0.4 is 5.32 Å². The molecule has 1 aromatic carbocycles. The van der Waals surface area contributed by atoms with Gasteiger partial charge in [0.05, 0.1) is 11.7 Å². The van der Waals surface area contributed by atoms with Crippen LogP contribution in [0.2, 0.25) is 0 Å². The van der Waals surface area contributed by atoms with Crippen LogP contribution in [0, 0.1) is 0 Å². The number of aromatic amines is 1. The largest absolute Gasteiger partial charge is 0.416 e. The predicted octanol–water partition coefficient (Wildman–Crippen LogP) is 1.89. The molecule has 5 nitrogen and oxygen atoms in total. The third kappa shape index (κ3) is 3.82. The molecule has 0 spiro atoms. The normalized spacial score (nSPS) is 13.0. The summed E-state index contributed by atoms with van der Waals surface area (Å²) in [4.78, 5) is 11.6. The number of nitrogens with zero attached hydrogens (tertiary/aromatic N) is 1. The number of alkyl halides is 3. The fourth-order valence-electron chi connectivity index (χ4n) is 1.71. The standard InChI is InChI=1S/C13H12F3N3O2/c14-13(15,16)9-3-1-2-8(6-9)11(20)7-17-12(21)10-4-5-18-19-10/h1-6,11,20H,7H2,(H,17,21)(H,18,19). The van der Waals surface area contributed by atoms with Crippen molar-refractivity contribution in [3.63, 3.8) is 0 Å². The molecule has 8 heteroatoms. The molecule has 1 heterocycles. The topological polar surface area (TPSA) is 78.0 Å². The maximum atomic E-state index is 12.6. The first-order valence-corrected chi connectivity index (χ1v) is 6.00. The number of hydrogen-bond acceptors (Lipinski definition) is 3. The number of rotatable bonds is 4. The summed E-state index contributed by atoms with van der Waals surface area (Å²) in [5.74, 6) is -0.501. The van der Waals surface area contributed by atoms with Crippen molar-refractivity contribution in [1.29, 1.82) is 0 Å². The number of aliphatic hydroxyl groups is 1. The minimum absolute atomic E-state index is 0.0785. The first kappa shape index (κ1) is 15.0. The van der Waals surface area contributed by atoms with Gasteiger partial charge in [0, 0.05) is 12.7 Å². The molecule has 0 aliphatic carbocycles. The second-order valence-corrected chi connectivity index (χ2v) is 4.32. The molecular weight excluding hydrogens is 287 g/mol. The van der Waals surface area contributed by atoms with Crippen LogP contribution in [0.5, 0.6) is 0 Å². The number of carbonyl (C=O) groups excluding carboxylic acids is 1. The number of H-pyrrole nitrogens is 1. The lowest BCUT2D eigenvalue weighted by Crippen LogP contribution is -2.28. The zero-order chi connectivity index (χ0) is 15.5. The molecule has 2 aromatic rings. The van der Waals surface area contributed by atoms with Crippen molar-refractivity contribution in [3.05, 3.63) is 53.3 Å². The summed E-state index contributed by atoms with van der Waals surface area (Å²) >= 11 is 0. The van der Waals surface area contributed by atoms with Crippen molar-refractivity contribution in [2.75, 3.05) is 6.54 Å². The van der Waals surface area contributed by atoms with E-state index < -0.39 is 23.8 Å². The highest BCUT2D eigenvalue weighted by Crippen LogP contribution is 2.30. The lowest BCUT2D eigenvalue weighted by Gasteiger charge is -2.14. The van der Waals surface area contributed by atoms with E-state index in [0.717, 1.165) is 12.1 Å². The fraction of sp³-hybridized carbons (Fsp3) is 0.231. The number of benzene rings is 1. The Bertz CT molecular complexity index is 611. The summed E-state index contributed by atoms with van der Waals surface area (Å²) in [5, 5.41) is 18.3. The van der Waals surface area contributed by atoms with Gasteiger partial charge >= 0.3 is 6.18 Å². The van der Waals surface area contributed by atoms with E-state index in [1.165, 1.54) is 24.4 Å². The van der Waals surface area contributed by atoms with Gasteiger partial charge in [0.2, 0.25) is 0 Å². The molecule has 1 aromatic heterocycles. The molecule has 0 radical (unpaired) electrons. The Morgan fingerprint density at radius 2 is 2.14 bits per heavy atom. The maximum absolute atomic E-state index is 12.6. The van der Waals surface area contributed by atoms with Crippen molar-refractivity contribution in [2.24, 2.45) is 0 Å². The Labute approximate surface area is 117 Å². The van der Waals surface area contributed by atoms with E-state index >= 15 is 0 Å². The van der Waals surface area contributed by atoms with Crippen LogP contribution in [0.3, 0.4) is 0 Å². The predicted molar refractivity (Wildman–Crippen MR) is 67.3 cm³/mol. The molecule has 3 N–H and O–H groups in total. The van der Waals surface area contributed by atoms with Gasteiger partial charge in [-0.25, -0.2) is 0 Å². The summed E-state index contributed by atoms with van der Waals surface area (Å²) in [7, 11) is 0. The number of amides is 1. The highest BCUT2D eigenvalue weighted by molar-refractivity contribution is 5.92. The molecule has 0 aliphatic heterocycles. The van der Waals surface area contributed by atoms with Crippen LogP contribution in [0.15, 0.2) is 36.5 Å². The average Bonchev–Trinajstić information content (AvgIpc) is 2.98. The van der Waals surface area contributed by atoms with Crippen molar-refractivity contribution in [3.8, 4) is 0 Å². The number of halogens is 3. The fourth-order valence-corrected chi connectivity index (χ4v) is 1.71. The minimum atomic E-state index is -4.48. The maximum Gasteiger partial charge on any atom is 0.416 e. The molecule has 0 aliphatic rings. The smallest absolute Gasteiger partial charge is 0.387 e. The van der Waals surface area contributed by atoms with Gasteiger partial charge in [-0.05, 0) is 23.8 Å². The van der Waals surface area contributed by atoms with Gasteiger partial charge in [-0.3, -0.25) is 9.89 Å². The van der Waals surface area contributed by atoms with Gasteiger partial charge in [-0.1, -0.05) is 12.1 Å². The molecular formula is C13H12F3N3O2. The Kier molecular flexibility index (Phi) is 4.27. The number of nitrogens with one attached hydrogen (secondary N) is 2. The summed E-state index contributed by atoms with van der Waals surface area (Å²) in [6.07, 6.45) is -4.33. The summed E-state index contributed by atoms with van der Waals surface area (Å²) in [6, 6.07) is 5.78. The Morgan fingerprint density at radius 3 is 2.76 bits per heavy atom. The van der Waals surface area contributed by atoms with E-state index in [2.05, 4.69) is 15.5 Å². The summed E-state index contributed by atoms with van der Waals surface area (Å²) < 4.78 is 37.7. The monoisotopic (exact) mass is 299 g/mol. The highest BCUT2D eigenvalue weighted by Gasteiger charge is 2.30. The van der Waals surface area contributed by atoms with E-state index in [1.807, 2.05) is 0 Å². The van der Waals surface area contributed by atoms with Crippen molar-refractivity contribution >= 4 is 5.91 Å². The zero-order valence-electron chi connectivity index (χ0n) is 10.7. The molecule has 0 bridgehead atoms. The molecule has 1 atom stereocenters. The number of hydrogen-bond donors (Lipinski definition) is 3. The van der Waals surface area contributed by atoms with Gasteiger partial charge < -0.3 is 10.4 Å². The van der Waals surface area contributed by atoms with Crippen molar-refractivity contribution < 1.29 is 23.1 Å².